The Morgan fingerprint density at radius 2 is 1.24 bits per heavy atom. The molecule has 0 heterocycles. The Hall–Kier alpha value is -1.13. The molecule has 0 saturated carbocycles. The van der Waals surface area contributed by atoms with Crippen LogP contribution in [0.3, 0.4) is 0 Å². The average molecular weight is 298 g/mol. The summed E-state index contributed by atoms with van der Waals surface area (Å²) in [4.78, 5) is 0. The van der Waals surface area contributed by atoms with Gasteiger partial charge in [-0.15, -0.1) is 0 Å². The SMILES string of the molecule is CC(C)(C)P(c1[c]cccc1)C(C)(C)C.[c]1ccccc1. The van der Waals surface area contributed by atoms with Crippen molar-refractivity contribution in [2.45, 2.75) is 51.9 Å². The zero-order valence-corrected chi connectivity index (χ0v) is 15.0. The van der Waals surface area contributed by atoms with Gasteiger partial charge in [0.05, 0.1) is 0 Å². The summed E-state index contributed by atoms with van der Waals surface area (Å²) in [6.45, 7) is 14.0. The van der Waals surface area contributed by atoms with Gasteiger partial charge in [0, 0.05) is 0 Å². The molecule has 2 aromatic carbocycles. The number of hydrogen-bond donors (Lipinski definition) is 0. The van der Waals surface area contributed by atoms with Gasteiger partial charge >= 0.3 is 0 Å². The van der Waals surface area contributed by atoms with E-state index < -0.39 is 0 Å². The molecule has 0 nitrogen and oxygen atoms in total. The van der Waals surface area contributed by atoms with Gasteiger partial charge in [-0.3, -0.25) is 0 Å². The second-order valence-corrected chi connectivity index (χ2v) is 10.8. The van der Waals surface area contributed by atoms with E-state index in [1.54, 1.807) is 0 Å². The van der Waals surface area contributed by atoms with Crippen molar-refractivity contribution >= 4 is 13.2 Å². The molecule has 0 aliphatic rings. The Labute approximate surface area is 132 Å². The van der Waals surface area contributed by atoms with Gasteiger partial charge in [-0.1, -0.05) is 104 Å². The maximum Gasteiger partial charge on any atom is -0.0100 e. The fraction of sp³-hybridized carbons (Fsp3) is 0.400. The van der Waals surface area contributed by atoms with E-state index in [0.717, 1.165) is 0 Å². The van der Waals surface area contributed by atoms with Crippen molar-refractivity contribution in [2.24, 2.45) is 0 Å². The van der Waals surface area contributed by atoms with E-state index in [-0.39, 0.29) is 7.92 Å². The fourth-order valence-electron chi connectivity index (χ4n) is 2.59. The van der Waals surface area contributed by atoms with Crippen LogP contribution in [0, 0.1) is 12.1 Å². The van der Waals surface area contributed by atoms with Crippen LogP contribution in [0.5, 0.6) is 0 Å². The zero-order valence-electron chi connectivity index (χ0n) is 14.1. The van der Waals surface area contributed by atoms with Gasteiger partial charge in [-0.2, -0.15) is 0 Å². The highest BCUT2D eigenvalue weighted by Gasteiger charge is 2.35. The van der Waals surface area contributed by atoms with Crippen molar-refractivity contribution in [1.82, 2.24) is 0 Å². The van der Waals surface area contributed by atoms with Crippen LogP contribution >= 0.6 is 7.92 Å². The van der Waals surface area contributed by atoms with Crippen LogP contribution in [-0.4, -0.2) is 10.3 Å². The summed E-state index contributed by atoms with van der Waals surface area (Å²) in [5.41, 5.74) is 0. The molecule has 0 unspecified atom stereocenters. The van der Waals surface area contributed by atoms with Gasteiger partial charge in [0.25, 0.3) is 0 Å². The molecule has 0 amide bonds. The van der Waals surface area contributed by atoms with Crippen LogP contribution in [0.2, 0.25) is 0 Å². The number of hydrogen-bond acceptors (Lipinski definition) is 0. The van der Waals surface area contributed by atoms with Crippen LogP contribution in [0.4, 0.5) is 0 Å². The summed E-state index contributed by atoms with van der Waals surface area (Å²) in [7, 11) is -0.193. The minimum atomic E-state index is -0.193. The highest BCUT2D eigenvalue weighted by Crippen LogP contribution is 2.57. The molecule has 0 aliphatic carbocycles. The Kier molecular flexibility index (Phi) is 6.62. The molecule has 0 aliphatic heterocycles. The first-order chi connectivity index (χ1) is 9.73. The highest BCUT2D eigenvalue weighted by molar-refractivity contribution is 7.68. The summed E-state index contributed by atoms with van der Waals surface area (Å²) in [5, 5.41) is 2.07. The van der Waals surface area contributed by atoms with Crippen LogP contribution in [0.15, 0.2) is 54.6 Å². The van der Waals surface area contributed by atoms with Gasteiger partial charge < -0.3 is 0 Å². The van der Waals surface area contributed by atoms with E-state index >= 15 is 0 Å². The smallest absolute Gasteiger partial charge is 0.0100 e. The van der Waals surface area contributed by atoms with Crippen molar-refractivity contribution < 1.29 is 0 Å². The zero-order chi connectivity index (χ0) is 15.9. The van der Waals surface area contributed by atoms with E-state index in [9.17, 15) is 0 Å². The third-order valence-corrected chi connectivity index (χ3v) is 6.33. The molecule has 2 rings (SSSR count). The van der Waals surface area contributed by atoms with Gasteiger partial charge in [0.2, 0.25) is 0 Å². The topological polar surface area (TPSA) is 0 Å². The second kappa shape index (κ2) is 7.76. The molecule has 2 aromatic rings. The number of benzene rings is 2. The Balaban J connectivity index is 0.000000304. The van der Waals surface area contributed by atoms with Gasteiger partial charge in [0.15, 0.2) is 0 Å². The molecule has 0 bridgehead atoms. The lowest BCUT2D eigenvalue weighted by Crippen LogP contribution is -2.31. The van der Waals surface area contributed by atoms with Crippen molar-refractivity contribution in [3.05, 3.63) is 66.7 Å². The monoisotopic (exact) mass is 298 g/mol. The maximum absolute atomic E-state index is 3.41. The minimum absolute atomic E-state index is 0.193. The third kappa shape index (κ3) is 6.44. The molecule has 0 aromatic heterocycles. The molecule has 0 spiro atoms. The standard InChI is InChI=1S/C14H22P.C6H5/c1-13(2,3)15(14(4,5)6)12-10-8-7-9-11-12;1-2-4-6-5-3-1/h7-10H,1-6H3;1-5H. The van der Waals surface area contributed by atoms with Crippen molar-refractivity contribution in [3.63, 3.8) is 0 Å². The quantitative estimate of drug-likeness (QED) is 0.594. The molecule has 21 heavy (non-hydrogen) atoms. The first-order valence-corrected chi connectivity index (χ1v) is 8.75. The van der Waals surface area contributed by atoms with Crippen molar-refractivity contribution in [3.8, 4) is 0 Å². The summed E-state index contributed by atoms with van der Waals surface area (Å²) >= 11 is 0. The maximum atomic E-state index is 3.41. The summed E-state index contributed by atoms with van der Waals surface area (Å²) in [6, 6.07) is 24.3. The van der Waals surface area contributed by atoms with E-state index in [1.165, 1.54) is 5.30 Å². The Bertz CT molecular complexity index is 448. The Morgan fingerprint density at radius 3 is 1.52 bits per heavy atom. The van der Waals surface area contributed by atoms with Crippen LogP contribution in [0.25, 0.3) is 0 Å². The normalized spacial score (nSPS) is 11.8. The molecule has 2 radical (unpaired) electrons. The molecule has 1 heteroatoms. The molecular weight excluding hydrogens is 271 g/mol. The lowest BCUT2D eigenvalue weighted by Gasteiger charge is -2.41. The first kappa shape index (κ1) is 17.9. The van der Waals surface area contributed by atoms with Crippen LogP contribution < -0.4 is 5.30 Å². The molecule has 0 fully saturated rings. The summed E-state index contributed by atoms with van der Waals surface area (Å²) < 4.78 is 0. The van der Waals surface area contributed by atoms with E-state index in [4.69, 9.17) is 0 Å². The minimum Gasteiger partial charge on any atom is -0.0636 e. The van der Waals surface area contributed by atoms with Crippen molar-refractivity contribution in [1.29, 1.82) is 0 Å². The number of rotatable bonds is 1. The lowest BCUT2D eigenvalue weighted by molar-refractivity contribution is 0.715. The molecule has 0 saturated heterocycles. The molecule has 112 valence electrons. The lowest BCUT2D eigenvalue weighted by atomic mass is 10.2. The fourth-order valence-corrected chi connectivity index (χ4v) is 6.49. The van der Waals surface area contributed by atoms with E-state index in [2.05, 4.69) is 65.8 Å². The predicted molar refractivity (Wildman–Crippen MR) is 96.6 cm³/mol. The van der Waals surface area contributed by atoms with Crippen LogP contribution in [0.1, 0.15) is 41.5 Å². The molecular formula is C20H27P. The van der Waals surface area contributed by atoms with Gasteiger partial charge in [-0.05, 0) is 27.7 Å². The summed E-state index contributed by atoms with van der Waals surface area (Å²) in [6.07, 6.45) is 0. The van der Waals surface area contributed by atoms with Gasteiger partial charge in [0.1, 0.15) is 0 Å². The first-order valence-electron chi connectivity index (χ1n) is 7.41. The molecule has 0 N–H and O–H groups in total. The largest absolute Gasteiger partial charge is 0.0636 e. The summed E-state index contributed by atoms with van der Waals surface area (Å²) in [5.74, 6) is 0. The van der Waals surface area contributed by atoms with E-state index in [1.807, 2.05) is 42.5 Å². The predicted octanol–water partition coefficient (Wildman–Crippen LogP) is 5.68. The Morgan fingerprint density at radius 1 is 0.714 bits per heavy atom. The third-order valence-electron chi connectivity index (χ3n) is 2.88. The van der Waals surface area contributed by atoms with Crippen molar-refractivity contribution in [2.75, 3.05) is 0 Å². The molecule has 0 atom stereocenters. The second-order valence-electron chi connectivity index (χ2n) is 7.00. The average Bonchev–Trinajstić information content (AvgIpc) is 2.39. The van der Waals surface area contributed by atoms with Crippen LogP contribution in [-0.2, 0) is 0 Å². The van der Waals surface area contributed by atoms with Gasteiger partial charge in [-0.25, -0.2) is 0 Å². The van der Waals surface area contributed by atoms with E-state index in [0.29, 0.717) is 10.3 Å². The highest BCUT2D eigenvalue weighted by atomic mass is 31.1.